The summed E-state index contributed by atoms with van der Waals surface area (Å²) >= 11 is 8.40. The van der Waals surface area contributed by atoms with E-state index in [0.29, 0.717) is 0 Å². The van der Waals surface area contributed by atoms with Crippen LogP contribution in [0.25, 0.3) is 0 Å². The van der Waals surface area contributed by atoms with Crippen LogP contribution < -0.4 is 21.2 Å². The Morgan fingerprint density at radius 3 is 1.24 bits per heavy atom. The molecule has 0 saturated carbocycles. The molecule has 0 N–H and O–H groups in total. The van der Waals surface area contributed by atoms with Crippen LogP contribution in [-0.2, 0) is 6.42 Å². The quantitative estimate of drug-likeness (QED) is 0.249. The Morgan fingerprint density at radius 1 is 0.424 bits per heavy atom. The van der Waals surface area contributed by atoms with Gasteiger partial charge in [0.1, 0.15) is 0 Å². The molecule has 0 saturated heterocycles. The van der Waals surface area contributed by atoms with Gasteiger partial charge in [0.25, 0.3) is 0 Å². The standard InChI is InChI=1S/C31H26ClP/c32-33(28-18-7-2-8-19-28,29-20-9-3-10-21-29,30-22-11-4-12-23-30)31-24-14-13-17-27(31)25-26-15-5-1-6-16-26/h1-24H,25H2. The number of halogens is 1. The second kappa shape index (κ2) is 8.99. The van der Waals surface area contributed by atoms with Gasteiger partial charge in [-0.15, -0.1) is 0 Å². The summed E-state index contributed by atoms with van der Waals surface area (Å²) in [6, 6.07) is 51.4. The Morgan fingerprint density at radius 2 is 0.788 bits per heavy atom. The molecule has 5 aromatic carbocycles. The van der Waals surface area contributed by atoms with Gasteiger partial charge in [0, 0.05) is 0 Å². The third kappa shape index (κ3) is 3.61. The minimum atomic E-state index is -3.55. The molecule has 5 aromatic rings. The summed E-state index contributed by atoms with van der Waals surface area (Å²) in [7, 11) is 0. The van der Waals surface area contributed by atoms with Crippen LogP contribution in [0.3, 0.4) is 0 Å². The zero-order valence-corrected chi connectivity index (χ0v) is 20.0. The van der Waals surface area contributed by atoms with Gasteiger partial charge in [-0.1, -0.05) is 0 Å². The van der Waals surface area contributed by atoms with Gasteiger partial charge in [0.15, 0.2) is 0 Å². The maximum absolute atomic E-state index is 8.40. The number of hydrogen-bond donors (Lipinski definition) is 0. The molecule has 0 amide bonds. The second-order valence-electron chi connectivity index (χ2n) is 8.31. The molecule has 0 atom stereocenters. The summed E-state index contributed by atoms with van der Waals surface area (Å²) in [5.74, 6) is -3.55. The molecule has 0 nitrogen and oxygen atoms in total. The van der Waals surface area contributed by atoms with Crippen LogP contribution in [0.15, 0.2) is 146 Å². The molecule has 0 heterocycles. The van der Waals surface area contributed by atoms with Crippen molar-refractivity contribution in [3.05, 3.63) is 157 Å². The SMILES string of the molecule is ClP(c1ccccc1)(c1ccccc1)(c1ccccc1)c1ccccc1Cc1ccccc1. The van der Waals surface area contributed by atoms with E-state index >= 15 is 0 Å². The summed E-state index contributed by atoms with van der Waals surface area (Å²) in [5, 5.41) is 4.67. The van der Waals surface area contributed by atoms with Gasteiger partial charge in [-0.05, 0) is 0 Å². The van der Waals surface area contributed by atoms with E-state index < -0.39 is 5.96 Å². The van der Waals surface area contributed by atoms with E-state index in [0.717, 1.165) is 22.3 Å². The molecular weight excluding hydrogens is 439 g/mol. The van der Waals surface area contributed by atoms with Crippen molar-refractivity contribution in [3.63, 3.8) is 0 Å². The van der Waals surface area contributed by atoms with E-state index in [1.54, 1.807) is 0 Å². The molecular formula is C31H26ClP. The topological polar surface area (TPSA) is 0 Å². The summed E-state index contributed by atoms with van der Waals surface area (Å²) in [5.41, 5.74) is 2.54. The van der Waals surface area contributed by atoms with E-state index in [1.807, 2.05) is 0 Å². The monoisotopic (exact) mass is 464 g/mol. The van der Waals surface area contributed by atoms with Crippen molar-refractivity contribution in [2.45, 2.75) is 6.42 Å². The molecule has 0 radical (unpaired) electrons. The van der Waals surface area contributed by atoms with Crippen molar-refractivity contribution in [2.75, 3.05) is 0 Å². The van der Waals surface area contributed by atoms with Crippen molar-refractivity contribution in [1.82, 2.24) is 0 Å². The molecule has 0 aromatic heterocycles. The fourth-order valence-electron chi connectivity index (χ4n) is 4.87. The van der Waals surface area contributed by atoms with Crippen molar-refractivity contribution in [3.8, 4) is 0 Å². The Hall–Kier alpha value is -3.18. The van der Waals surface area contributed by atoms with Crippen LogP contribution >= 0.6 is 17.2 Å². The molecule has 0 aliphatic heterocycles. The first-order valence-corrected chi connectivity index (χ1v) is 14.4. The van der Waals surface area contributed by atoms with Crippen LogP contribution in [0.5, 0.6) is 0 Å². The third-order valence-electron chi connectivity index (χ3n) is 6.40. The summed E-state index contributed by atoms with van der Waals surface area (Å²) in [6.45, 7) is 0. The zero-order chi connectivity index (χ0) is 22.6. The predicted octanol–water partition coefficient (Wildman–Crippen LogP) is 6.59. The minimum absolute atomic E-state index is 0.828. The van der Waals surface area contributed by atoms with E-state index in [4.69, 9.17) is 11.2 Å². The van der Waals surface area contributed by atoms with Crippen LogP contribution in [0.4, 0.5) is 0 Å². The molecule has 162 valence electrons. The van der Waals surface area contributed by atoms with Crippen LogP contribution in [-0.4, -0.2) is 0 Å². The molecule has 0 fully saturated rings. The number of benzene rings is 5. The molecule has 0 unspecified atom stereocenters. The zero-order valence-electron chi connectivity index (χ0n) is 18.4. The molecule has 0 bridgehead atoms. The Labute approximate surface area is 201 Å². The predicted molar refractivity (Wildman–Crippen MR) is 146 cm³/mol. The maximum atomic E-state index is 8.40. The van der Waals surface area contributed by atoms with Gasteiger partial charge in [0.2, 0.25) is 0 Å². The Balaban J connectivity index is 1.91. The third-order valence-corrected chi connectivity index (χ3v) is 13.9. The van der Waals surface area contributed by atoms with Crippen LogP contribution in [0.1, 0.15) is 11.1 Å². The van der Waals surface area contributed by atoms with Gasteiger partial charge in [-0.3, -0.25) is 0 Å². The normalized spacial score (nSPS) is 12.6. The van der Waals surface area contributed by atoms with E-state index in [9.17, 15) is 0 Å². The van der Waals surface area contributed by atoms with Gasteiger partial charge in [0.05, 0.1) is 0 Å². The van der Waals surface area contributed by atoms with Crippen LogP contribution in [0, 0.1) is 0 Å². The number of rotatable bonds is 6. The fraction of sp³-hybridized carbons (Fsp3) is 0.0323. The van der Waals surface area contributed by atoms with Gasteiger partial charge in [-0.25, -0.2) is 0 Å². The molecule has 2 heteroatoms. The first kappa shape index (κ1) is 21.7. The van der Waals surface area contributed by atoms with Crippen molar-refractivity contribution in [2.24, 2.45) is 0 Å². The van der Waals surface area contributed by atoms with Gasteiger partial charge in [-0.2, -0.15) is 0 Å². The molecule has 0 aliphatic rings. The average molecular weight is 465 g/mol. The molecule has 0 spiro atoms. The van der Waals surface area contributed by atoms with E-state index in [-0.39, 0.29) is 0 Å². The Kier molecular flexibility index (Phi) is 5.90. The number of hydrogen-bond acceptors (Lipinski definition) is 0. The summed E-state index contributed by atoms with van der Waals surface area (Å²) in [6.07, 6.45) is 0.828. The Bertz CT molecular complexity index is 1230. The van der Waals surface area contributed by atoms with E-state index in [2.05, 4.69) is 146 Å². The van der Waals surface area contributed by atoms with Gasteiger partial charge < -0.3 is 0 Å². The van der Waals surface area contributed by atoms with Crippen molar-refractivity contribution < 1.29 is 0 Å². The molecule has 5 rings (SSSR count). The molecule has 33 heavy (non-hydrogen) atoms. The van der Waals surface area contributed by atoms with E-state index in [1.165, 1.54) is 16.4 Å². The van der Waals surface area contributed by atoms with Gasteiger partial charge >= 0.3 is 202 Å². The first-order valence-electron chi connectivity index (χ1n) is 11.2. The van der Waals surface area contributed by atoms with Crippen molar-refractivity contribution >= 4 is 38.4 Å². The fourth-order valence-corrected chi connectivity index (χ4v) is 11.4. The summed E-state index contributed by atoms with van der Waals surface area (Å²) in [4.78, 5) is 0. The average Bonchev–Trinajstić information content (AvgIpc) is 2.91. The second-order valence-corrected chi connectivity index (χ2v) is 14.4. The molecule has 0 aliphatic carbocycles. The van der Waals surface area contributed by atoms with Crippen LogP contribution in [0.2, 0.25) is 0 Å². The first-order chi connectivity index (χ1) is 16.2. The van der Waals surface area contributed by atoms with Crippen molar-refractivity contribution in [1.29, 1.82) is 0 Å². The summed E-state index contributed by atoms with van der Waals surface area (Å²) < 4.78 is 0.